The van der Waals surface area contributed by atoms with E-state index in [9.17, 15) is 39.4 Å². The Kier molecular flexibility index (Phi) is 19.9. The van der Waals surface area contributed by atoms with Gasteiger partial charge >= 0.3 is 0 Å². The summed E-state index contributed by atoms with van der Waals surface area (Å²) in [5, 5.41) is 74.5. The van der Waals surface area contributed by atoms with Crippen LogP contribution < -0.4 is 21.5 Å². The minimum atomic E-state index is -0.603. The van der Waals surface area contributed by atoms with E-state index < -0.39 is 11.9 Å². The lowest BCUT2D eigenvalue weighted by Crippen LogP contribution is -2.06. The average molecular weight is 1620 g/mol. The number of rotatable bonds is 8. The molecule has 0 aliphatic carbocycles. The molecule has 118 heavy (non-hydrogen) atoms. The van der Waals surface area contributed by atoms with Gasteiger partial charge in [0.05, 0.1) is 112 Å². The summed E-state index contributed by atoms with van der Waals surface area (Å²) >= 11 is 25.3. The van der Waals surface area contributed by atoms with Gasteiger partial charge in [-0.3, -0.25) is 30.0 Å². The van der Waals surface area contributed by atoms with E-state index in [-0.39, 0.29) is 21.3 Å². The third-order valence-electron chi connectivity index (χ3n) is 19.5. The number of nitrogens with zero attached hydrogens (tertiary/aromatic N) is 12. The van der Waals surface area contributed by atoms with Gasteiger partial charge in [-0.2, -0.15) is 50.2 Å². The zero-order valence-electron chi connectivity index (χ0n) is 60.8. The Morgan fingerprint density at radius 2 is 0.720 bits per heavy atom. The van der Waals surface area contributed by atoms with Crippen molar-refractivity contribution in [2.75, 3.05) is 10.6 Å². The number of hydrogen-bond acceptors (Lipinski definition) is 16. The van der Waals surface area contributed by atoms with Crippen LogP contribution in [0.5, 0.6) is 0 Å². The van der Waals surface area contributed by atoms with E-state index in [1.54, 1.807) is 103 Å². The van der Waals surface area contributed by atoms with Gasteiger partial charge in [-0.05, 0) is 168 Å². The molecule has 28 heteroatoms. The standard InChI is InChI=1S/C23H14ClN5.C23H14FN5.C22H11Cl2N5O.C22H11ClFN5O/c2*1-13-5-6-17-11-18(15-7-8-20-19(10-15)22(24)29-28-20)21(27-23(17)26-13)16-4-2-3-14(9-16)12-25;2*23-17-8-13(7-16-20(17)28-29-21(16)24)14-9-15-18(30)4-5-26-22(15)27-19(14)12-3-1-2-11(6-12)10-25/h2*2-11H,1H2,(H,26,27)(H,28,29);2*1-9H,(H,28,29)(H,26,27,30). The predicted molar refractivity (Wildman–Crippen MR) is 458 cm³/mol. The highest BCUT2D eigenvalue weighted by Gasteiger charge is 2.24. The molecule has 564 valence electrons. The number of nitrogens with one attached hydrogen (secondary N) is 8. The summed E-state index contributed by atoms with van der Waals surface area (Å²) in [5.74, 6) is 0.349. The molecule has 10 aromatic heterocycles. The van der Waals surface area contributed by atoms with Gasteiger partial charge < -0.3 is 20.6 Å². The Morgan fingerprint density at radius 3 is 1.19 bits per heavy atom. The van der Waals surface area contributed by atoms with Gasteiger partial charge in [0.1, 0.15) is 44.3 Å². The van der Waals surface area contributed by atoms with Crippen LogP contribution in [0.2, 0.25) is 20.4 Å². The van der Waals surface area contributed by atoms with Crippen molar-refractivity contribution in [1.29, 1.82) is 21.0 Å². The molecule has 20 rings (SSSR count). The quantitative estimate of drug-likeness (QED) is 0.0700. The molecule has 0 spiro atoms. The van der Waals surface area contributed by atoms with E-state index in [1.807, 2.05) is 103 Å². The maximum atomic E-state index is 14.2. The Hall–Kier alpha value is -15.8. The molecule has 0 atom stereocenters. The lowest BCUT2D eigenvalue weighted by molar-refractivity contribution is 0.588. The number of aromatic nitrogens is 14. The van der Waals surface area contributed by atoms with Crippen LogP contribution in [0.1, 0.15) is 33.4 Å². The molecular formula is C90H50Cl4F2N20O2. The normalized spacial score (nSPS) is 11.8. The monoisotopic (exact) mass is 1620 g/mol. The minimum Gasteiger partial charge on any atom is -0.346 e. The molecule has 0 bridgehead atoms. The topological polar surface area (TPSA) is 351 Å². The summed E-state index contributed by atoms with van der Waals surface area (Å²) < 4.78 is 28.3. The summed E-state index contributed by atoms with van der Waals surface area (Å²) in [6.07, 6.45) is 10.8. The molecule has 18 aromatic rings. The van der Waals surface area contributed by atoms with Crippen molar-refractivity contribution < 1.29 is 8.78 Å². The van der Waals surface area contributed by atoms with Crippen LogP contribution in [0.15, 0.2) is 253 Å². The molecule has 0 saturated carbocycles. The van der Waals surface area contributed by atoms with Gasteiger partial charge in [-0.1, -0.05) is 120 Å². The summed E-state index contributed by atoms with van der Waals surface area (Å²) in [5.41, 5.74) is 20.1. The summed E-state index contributed by atoms with van der Waals surface area (Å²) in [6, 6.07) is 66.1. The van der Waals surface area contributed by atoms with Crippen LogP contribution >= 0.6 is 46.4 Å². The number of aromatic amines is 6. The second-order valence-corrected chi connectivity index (χ2v) is 28.5. The van der Waals surface area contributed by atoms with Crippen molar-refractivity contribution >= 4 is 136 Å². The fourth-order valence-corrected chi connectivity index (χ4v) is 14.8. The largest absolute Gasteiger partial charge is 0.346 e. The molecule has 0 unspecified atom stereocenters. The van der Waals surface area contributed by atoms with E-state index in [2.05, 4.69) is 110 Å². The first-order valence-corrected chi connectivity index (χ1v) is 37.3. The SMILES string of the molecule is C=C1C=Cc2cc(-c3ccc4n[nH]c(Cl)c4c3)c(-c3cccc(C#N)c3)nc2N1.C=C1C=Cc2cc(-c3ccc4n[nH]c(F)c4c3)c(-c3cccc(C#N)c3)nc2N1.N#Cc1cccc(-c2nc3[nH]ccc(=O)c3cc2-c2cc(Cl)c3n[nH]c(Cl)c3c2)c1.N#Cc1cccc(-c2nc3[nH]ccc(=O)c3cc2-c2cc(Cl)c3n[nH]c(F)c3c2)c1. The maximum Gasteiger partial charge on any atom is 0.216 e. The van der Waals surface area contributed by atoms with Gasteiger partial charge in [0.2, 0.25) is 11.9 Å². The first-order valence-electron chi connectivity index (χ1n) is 35.7. The highest BCUT2D eigenvalue weighted by molar-refractivity contribution is 6.39. The highest BCUT2D eigenvalue weighted by Crippen LogP contribution is 2.44. The number of fused-ring (bicyclic) bond motifs is 8. The van der Waals surface area contributed by atoms with Crippen LogP contribution in [0.3, 0.4) is 0 Å². The van der Waals surface area contributed by atoms with Crippen LogP contribution in [-0.4, -0.2) is 70.7 Å². The van der Waals surface area contributed by atoms with E-state index in [0.717, 1.165) is 89.4 Å². The van der Waals surface area contributed by atoms with Crippen LogP contribution in [0.25, 0.3) is 167 Å². The maximum absolute atomic E-state index is 14.2. The zero-order valence-corrected chi connectivity index (χ0v) is 63.8. The lowest BCUT2D eigenvalue weighted by atomic mass is 9.95. The van der Waals surface area contributed by atoms with Crippen LogP contribution in [0, 0.1) is 57.2 Å². The Morgan fingerprint density at radius 1 is 0.347 bits per heavy atom. The summed E-state index contributed by atoms with van der Waals surface area (Å²) in [6.45, 7) is 7.88. The number of hydrogen-bond donors (Lipinski definition) is 8. The molecule has 0 saturated heterocycles. The fraction of sp³-hybridized carbons (Fsp3) is 0. The first-order chi connectivity index (χ1) is 57.3. The highest BCUT2D eigenvalue weighted by atomic mass is 35.5. The average Bonchev–Trinajstić information content (AvgIpc) is 1.39. The van der Waals surface area contributed by atoms with E-state index in [1.165, 1.54) is 18.3 Å². The smallest absolute Gasteiger partial charge is 0.216 e. The molecule has 12 heterocycles. The Balaban J connectivity index is 0.000000113. The number of pyridine rings is 6. The summed E-state index contributed by atoms with van der Waals surface area (Å²) in [7, 11) is 0. The van der Waals surface area contributed by atoms with Gasteiger partial charge in [0.15, 0.2) is 10.9 Å². The van der Waals surface area contributed by atoms with Crippen molar-refractivity contribution in [3.05, 3.63) is 329 Å². The third kappa shape index (κ3) is 14.6. The number of H-pyrrole nitrogens is 6. The number of allylic oxidation sites excluding steroid dienone is 2. The van der Waals surface area contributed by atoms with Crippen LogP contribution in [0.4, 0.5) is 20.4 Å². The third-order valence-corrected chi connectivity index (χ3v) is 20.7. The van der Waals surface area contributed by atoms with Gasteiger partial charge in [-0.25, -0.2) is 19.9 Å². The second-order valence-electron chi connectivity index (χ2n) is 27.0. The lowest BCUT2D eigenvalue weighted by Gasteiger charge is -2.18. The number of anilines is 2. The first kappa shape index (κ1) is 74.9. The Labute approximate surface area is 685 Å². The molecule has 0 radical (unpaired) electrons. The van der Waals surface area contributed by atoms with E-state index in [4.69, 9.17) is 61.4 Å². The molecule has 2 aliphatic rings. The van der Waals surface area contributed by atoms with Gasteiger partial charge in [0.25, 0.3) is 0 Å². The second kappa shape index (κ2) is 31.3. The van der Waals surface area contributed by atoms with Gasteiger partial charge in [-0.15, -0.1) is 0 Å². The number of halogens is 6. The molecule has 8 N–H and O–H groups in total. The zero-order chi connectivity index (χ0) is 81.6. The van der Waals surface area contributed by atoms with Crippen molar-refractivity contribution in [2.45, 2.75) is 0 Å². The number of benzene rings is 8. The van der Waals surface area contributed by atoms with E-state index in [0.29, 0.717) is 132 Å². The Bertz CT molecular complexity index is 7230. The van der Waals surface area contributed by atoms with Crippen LogP contribution in [-0.2, 0) is 0 Å². The molecule has 22 nitrogen and oxygen atoms in total. The van der Waals surface area contributed by atoms with Crippen molar-refractivity contribution in [3.8, 4) is 114 Å². The molecular weight excluding hydrogens is 1570 g/mol. The minimum absolute atomic E-state index is 0.150. The molecule has 8 aromatic carbocycles. The molecule has 0 amide bonds. The summed E-state index contributed by atoms with van der Waals surface area (Å²) in [4.78, 5) is 49.9. The van der Waals surface area contributed by atoms with Crippen molar-refractivity contribution in [1.82, 2.24) is 70.7 Å². The number of nitriles is 4. The fourth-order valence-electron chi connectivity index (χ4n) is 13.9. The predicted octanol–water partition coefficient (Wildman–Crippen LogP) is 21.1. The van der Waals surface area contributed by atoms with Crippen molar-refractivity contribution in [3.63, 3.8) is 0 Å². The van der Waals surface area contributed by atoms with Gasteiger partial charge in [0, 0.05) is 102 Å². The van der Waals surface area contributed by atoms with E-state index >= 15 is 0 Å². The van der Waals surface area contributed by atoms with Crippen molar-refractivity contribution in [2.24, 2.45) is 0 Å². The molecule has 2 aliphatic heterocycles. The molecule has 0 fully saturated rings.